The molecule has 4 rings (SSSR count). The van der Waals surface area contributed by atoms with E-state index in [1.165, 1.54) is 13.4 Å². The second-order valence-electron chi connectivity index (χ2n) is 6.91. The molecule has 1 aromatic heterocycles. The monoisotopic (exact) mass is 407 g/mol. The number of anilines is 2. The first-order chi connectivity index (χ1) is 14.5. The van der Waals surface area contributed by atoms with Crippen LogP contribution in [0.2, 0.25) is 0 Å². The number of aryl methyl sites for hydroxylation is 1. The van der Waals surface area contributed by atoms with Crippen LogP contribution in [0.15, 0.2) is 48.8 Å². The van der Waals surface area contributed by atoms with Gasteiger partial charge in [-0.3, -0.25) is 14.9 Å². The third-order valence-corrected chi connectivity index (χ3v) is 4.73. The molecule has 2 N–H and O–H groups in total. The van der Waals surface area contributed by atoms with Gasteiger partial charge in [-0.05, 0) is 42.3 Å². The summed E-state index contributed by atoms with van der Waals surface area (Å²) in [4.78, 5) is 28.3. The predicted octanol–water partition coefficient (Wildman–Crippen LogP) is 2.54. The van der Waals surface area contributed by atoms with Crippen molar-refractivity contribution in [2.45, 2.75) is 19.4 Å². The van der Waals surface area contributed by atoms with Crippen molar-refractivity contribution in [1.29, 1.82) is 0 Å². The molecule has 154 valence electrons. The normalized spacial score (nSPS) is 15.1. The summed E-state index contributed by atoms with van der Waals surface area (Å²) in [6.45, 7) is 1.79. The van der Waals surface area contributed by atoms with Crippen LogP contribution in [-0.4, -0.2) is 40.3 Å². The first-order valence-electron chi connectivity index (χ1n) is 9.40. The van der Waals surface area contributed by atoms with E-state index in [4.69, 9.17) is 9.47 Å². The van der Waals surface area contributed by atoms with Crippen LogP contribution in [0, 0.1) is 6.92 Å². The zero-order chi connectivity index (χ0) is 21.1. The van der Waals surface area contributed by atoms with E-state index in [1.807, 2.05) is 37.3 Å². The van der Waals surface area contributed by atoms with Crippen LogP contribution < -0.4 is 20.1 Å². The molecular formula is C21H21N5O4. The van der Waals surface area contributed by atoms with Gasteiger partial charge in [-0.15, -0.1) is 0 Å². The van der Waals surface area contributed by atoms with Gasteiger partial charge < -0.3 is 14.8 Å². The molecule has 0 saturated carbocycles. The van der Waals surface area contributed by atoms with Crippen molar-refractivity contribution in [2.75, 3.05) is 24.4 Å². The number of ether oxygens (including phenoxy) is 2. The first kappa shape index (κ1) is 19.4. The van der Waals surface area contributed by atoms with E-state index in [0.717, 1.165) is 11.1 Å². The molecule has 0 spiro atoms. The number of carbonyl (C=O) groups excluding carboxylic acids is 2. The first-order valence-corrected chi connectivity index (χ1v) is 9.40. The molecule has 2 aromatic carbocycles. The van der Waals surface area contributed by atoms with E-state index in [-0.39, 0.29) is 30.9 Å². The van der Waals surface area contributed by atoms with Crippen LogP contribution in [0.5, 0.6) is 11.5 Å². The maximum absolute atomic E-state index is 12.2. The lowest BCUT2D eigenvalue weighted by molar-refractivity contribution is -0.118. The zero-order valence-corrected chi connectivity index (χ0v) is 16.6. The van der Waals surface area contributed by atoms with E-state index >= 15 is 0 Å². The number of hydrogen-bond acceptors (Lipinski definition) is 6. The third-order valence-electron chi connectivity index (χ3n) is 4.73. The highest BCUT2D eigenvalue weighted by molar-refractivity contribution is 5.92. The Kier molecular flexibility index (Phi) is 5.34. The molecule has 2 amide bonds. The van der Waals surface area contributed by atoms with Crippen LogP contribution >= 0.6 is 0 Å². The quantitative estimate of drug-likeness (QED) is 0.650. The minimum absolute atomic E-state index is 0.132. The van der Waals surface area contributed by atoms with E-state index in [1.54, 1.807) is 16.8 Å². The lowest BCUT2D eigenvalue weighted by atomic mass is 10.0. The Hall–Kier alpha value is -3.88. The van der Waals surface area contributed by atoms with Crippen LogP contribution in [0.4, 0.5) is 11.6 Å². The molecule has 0 bridgehead atoms. The van der Waals surface area contributed by atoms with Gasteiger partial charge in [0.15, 0.2) is 18.1 Å². The summed E-state index contributed by atoms with van der Waals surface area (Å²) in [6, 6.07) is 12.6. The highest BCUT2D eigenvalue weighted by Crippen LogP contribution is 2.34. The second-order valence-corrected chi connectivity index (χ2v) is 6.91. The fourth-order valence-electron chi connectivity index (χ4n) is 3.34. The van der Waals surface area contributed by atoms with Crippen LogP contribution in [0.25, 0.3) is 0 Å². The van der Waals surface area contributed by atoms with Gasteiger partial charge in [0.1, 0.15) is 6.33 Å². The Morgan fingerprint density at radius 2 is 2.13 bits per heavy atom. The molecule has 1 aliphatic heterocycles. The summed E-state index contributed by atoms with van der Waals surface area (Å²) in [5, 5.41) is 9.68. The van der Waals surface area contributed by atoms with Crippen molar-refractivity contribution < 1.29 is 19.1 Å². The average Bonchev–Trinajstić information content (AvgIpc) is 3.20. The number of fused-ring (bicyclic) bond motifs is 1. The smallest absolute Gasteiger partial charge is 0.262 e. The number of hydrogen-bond donors (Lipinski definition) is 2. The lowest BCUT2D eigenvalue weighted by Gasteiger charge is -2.24. The van der Waals surface area contributed by atoms with Crippen molar-refractivity contribution in [3.63, 3.8) is 0 Å². The molecule has 0 saturated heterocycles. The van der Waals surface area contributed by atoms with Gasteiger partial charge in [-0.1, -0.05) is 18.2 Å². The highest BCUT2D eigenvalue weighted by atomic mass is 16.5. The maximum Gasteiger partial charge on any atom is 0.262 e. The maximum atomic E-state index is 12.2. The average molecular weight is 407 g/mol. The van der Waals surface area contributed by atoms with Crippen LogP contribution in [0.1, 0.15) is 23.6 Å². The molecule has 30 heavy (non-hydrogen) atoms. The summed E-state index contributed by atoms with van der Waals surface area (Å²) < 4.78 is 12.8. The van der Waals surface area contributed by atoms with Crippen molar-refractivity contribution in [2.24, 2.45) is 0 Å². The van der Waals surface area contributed by atoms with Crippen molar-refractivity contribution in [1.82, 2.24) is 14.8 Å². The molecule has 0 aliphatic carbocycles. The lowest BCUT2D eigenvalue weighted by Crippen LogP contribution is -2.29. The van der Waals surface area contributed by atoms with Gasteiger partial charge in [-0.2, -0.15) is 10.1 Å². The molecule has 9 heteroatoms. The Morgan fingerprint density at radius 1 is 1.27 bits per heavy atom. The van der Waals surface area contributed by atoms with Gasteiger partial charge in [0.05, 0.1) is 19.6 Å². The van der Waals surface area contributed by atoms with Gasteiger partial charge in [0.2, 0.25) is 11.9 Å². The Balaban J connectivity index is 1.47. The fraction of sp³-hybridized carbons (Fsp3) is 0.238. The molecule has 0 unspecified atom stereocenters. The van der Waals surface area contributed by atoms with Gasteiger partial charge in [0, 0.05) is 5.69 Å². The number of benzene rings is 2. The minimum atomic E-state index is -0.302. The minimum Gasteiger partial charge on any atom is -0.493 e. The van der Waals surface area contributed by atoms with E-state index in [2.05, 4.69) is 20.7 Å². The summed E-state index contributed by atoms with van der Waals surface area (Å²) in [6.07, 6.45) is 1.63. The summed E-state index contributed by atoms with van der Waals surface area (Å²) in [7, 11) is 1.52. The molecular weight excluding hydrogens is 386 g/mol. The molecule has 3 aromatic rings. The van der Waals surface area contributed by atoms with Gasteiger partial charge in [0.25, 0.3) is 5.91 Å². The number of nitrogens with one attached hydrogen (secondary N) is 2. The molecule has 0 radical (unpaired) electrons. The summed E-state index contributed by atoms with van der Waals surface area (Å²) in [5.74, 6) is 0.891. The summed E-state index contributed by atoms with van der Waals surface area (Å²) in [5.41, 5.74) is 2.59. The Labute approximate surface area is 173 Å². The number of nitrogens with zero attached hydrogens (tertiary/aromatic N) is 3. The zero-order valence-electron chi connectivity index (χ0n) is 16.6. The van der Waals surface area contributed by atoms with Gasteiger partial charge >= 0.3 is 0 Å². The topological polar surface area (TPSA) is 107 Å². The number of methoxy groups -OCH3 is 1. The fourth-order valence-corrected chi connectivity index (χ4v) is 3.34. The summed E-state index contributed by atoms with van der Waals surface area (Å²) >= 11 is 0. The Bertz CT molecular complexity index is 1090. The van der Waals surface area contributed by atoms with Crippen LogP contribution in [0.3, 0.4) is 0 Å². The van der Waals surface area contributed by atoms with Crippen molar-refractivity contribution in [3.8, 4) is 11.5 Å². The number of carbonyl (C=O) groups is 2. The predicted molar refractivity (Wildman–Crippen MR) is 110 cm³/mol. The van der Waals surface area contributed by atoms with E-state index in [0.29, 0.717) is 23.1 Å². The van der Waals surface area contributed by atoms with E-state index < -0.39 is 0 Å². The third kappa shape index (κ3) is 4.09. The largest absolute Gasteiger partial charge is 0.493 e. The van der Waals surface area contributed by atoms with E-state index in [9.17, 15) is 9.59 Å². The van der Waals surface area contributed by atoms with Crippen molar-refractivity contribution in [3.05, 3.63) is 59.9 Å². The molecule has 1 atom stereocenters. The second kappa shape index (κ2) is 8.24. The molecule has 1 aliphatic rings. The standard InChI is InChI=1S/C21H21N5O4/c1-13-4-3-5-15(8-13)24-20(28)11-30-17-7-6-14(9-18(17)29-2)16-10-19(27)25-21-22-12-23-26(16)21/h3-9,12,16H,10-11H2,1-2H3,(H,24,28)(H,22,23,25,27)/t16-/m0/s1. The molecule has 2 heterocycles. The van der Waals surface area contributed by atoms with Crippen molar-refractivity contribution >= 4 is 23.5 Å². The number of rotatable bonds is 6. The number of aromatic nitrogens is 3. The van der Waals surface area contributed by atoms with Crippen LogP contribution in [-0.2, 0) is 9.59 Å². The SMILES string of the molecule is COc1cc([C@@H]2CC(=O)Nc3ncnn32)ccc1OCC(=O)Nc1cccc(C)c1. The molecule has 0 fully saturated rings. The Morgan fingerprint density at radius 3 is 2.93 bits per heavy atom. The van der Waals surface area contributed by atoms with Gasteiger partial charge in [-0.25, -0.2) is 4.68 Å². The highest BCUT2D eigenvalue weighted by Gasteiger charge is 2.28. The number of amides is 2. The molecule has 9 nitrogen and oxygen atoms in total.